The first-order chi connectivity index (χ1) is 57.3. The van der Waals surface area contributed by atoms with Crippen molar-refractivity contribution in [1.29, 1.82) is 0 Å². The Kier molecular flexibility index (Phi) is 27.6. The van der Waals surface area contributed by atoms with E-state index in [0.29, 0.717) is 70.4 Å². The fourth-order valence-corrected chi connectivity index (χ4v) is 20.4. The number of nitrogens with one attached hydrogen (secondary N) is 5. The Labute approximate surface area is 701 Å². The monoisotopic (exact) mass is 1720 g/mol. The predicted octanol–water partition coefficient (Wildman–Crippen LogP) is 4.72. The average Bonchev–Trinajstić information content (AvgIpc) is 0.940. The van der Waals surface area contributed by atoms with Gasteiger partial charge < -0.3 is 95.0 Å². The van der Waals surface area contributed by atoms with E-state index >= 15 is 0 Å². The van der Waals surface area contributed by atoms with Crippen LogP contribution in [0.1, 0.15) is 141 Å². The van der Waals surface area contributed by atoms with Crippen LogP contribution in [-0.2, 0) is 99.9 Å². The summed E-state index contributed by atoms with van der Waals surface area (Å²) in [6.45, 7) is 10.8. The summed E-state index contributed by atoms with van der Waals surface area (Å²) >= 11 is 1.37. The van der Waals surface area contributed by atoms with Gasteiger partial charge in [-0.05, 0) is 165 Å². The quantitative estimate of drug-likeness (QED) is 0.0143. The second-order valence-corrected chi connectivity index (χ2v) is 36.3. The smallest absolute Gasteiger partial charge is 0.410 e. The van der Waals surface area contributed by atoms with Crippen molar-refractivity contribution >= 4 is 108 Å². The van der Waals surface area contributed by atoms with E-state index in [4.69, 9.17) is 48.2 Å². The molecule has 6 aromatic rings. The first-order valence-corrected chi connectivity index (χ1v) is 42.4. The minimum Gasteiger partial charge on any atom is -0.496 e. The van der Waals surface area contributed by atoms with Crippen molar-refractivity contribution in [2.24, 2.45) is 22.2 Å². The number of carboxylic acid groups (broad SMARTS) is 3. The highest BCUT2D eigenvalue weighted by molar-refractivity contribution is 7.85. The highest BCUT2D eigenvalue weighted by Crippen LogP contribution is 2.72. The molecule has 0 spiro atoms. The highest BCUT2D eigenvalue weighted by atomic mass is 32.2. The van der Waals surface area contributed by atoms with Gasteiger partial charge in [0.05, 0.1) is 80.0 Å². The normalized spacial score (nSPS) is 24.7. The summed E-state index contributed by atoms with van der Waals surface area (Å²) in [6, 6.07) is 14.4. The molecular weight excluding hydrogens is 1620 g/mol. The maximum Gasteiger partial charge on any atom is 0.410 e. The standard InChI is InChI=1S/C82H104N12O25S2/c1-44(2)65(89-63(96)34-93-50(36-116-27-28-121(111,112)113)30-57(74(93)105)86-62(95)31-64(97)98)73(104)84-45(3)71(102)85-49-15-13-48(47(29-49)14-18-59-67(99)68(100)69(101)70(119-59)76(108)109)35-117-78(110)91(23-25-114-7)24-26-118-82-40-79(5)37-80(6,41-82)39-81(38-79,42-82)43-94-46(4)54(32-83-94)52-17-20-61(88-66(52)75(106)107)92-22-21-51-55(33-92)53(16-19-58(51)115-8)72(103)90-77-87-56-11-9-10-12-60(56)120-77/h9-13,15-17,19-20,29,32,44-45,50,57,59,65,67-70,99-101H,14,18,21-28,30-31,33-43H2,1-8H3,(H,84,104)(H,85,102)(H,86,95)(H,89,96)(H,97,98)(H,106,107)(H,108,109)(H,87,90,103)(H,111,112,113)/t45-,50-,57-,59-,65-,67-,68+,69-,70-,79?,80?,81?,82?/m0/s1. The number of fused-ring (bicyclic) bond motifs is 2. The highest BCUT2D eigenvalue weighted by Gasteiger charge is 2.66. The van der Waals surface area contributed by atoms with Gasteiger partial charge in [-0.1, -0.05) is 57.2 Å². The number of aliphatic hydroxyl groups excluding tert-OH is 3. The number of para-hydroxylation sites is 1. The molecule has 121 heavy (non-hydrogen) atoms. The molecule has 11 atom stereocenters. The first kappa shape index (κ1) is 89.9. The lowest BCUT2D eigenvalue weighted by molar-refractivity contribution is -0.248. The van der Waals surface area contributed by atoms with Crippen molar-refractivity contribution in [3.8, 4) is 16.9 Å². The van der Waals surface area contributed by atoms with Gasteiger partial charge in [-0.3, -0.25) is 48.1 Å². The van der Waals surface area contributed by atoms with Crippen LogP contribution in [0.25, 0.3) is 21.3 Å². The summed E-state index contributed by atoms with van der Waals surface area (Å²) in [5.74, 6) is -9.26. The van der Waals surface area contributed by atoms with Gasteiger partial charge in [0, 0.05) is 73.5 Å². The second kappa shape index (κ2) is 37.1. The zero-order valence-corrected chi connectivity index (χ0v) is 70.0. The number of aromatic carboxylic acids is 1. The molecule has 4 saturated carbocycles. The lowest BCUT2D eigenvalue weighted by Crippen LogP contribution is -2.64. The molecule has 6 heterocycles. The molecule has 37 nitrogen and oxygen atoms in total. The molecule has 4 bridgehead atoms. The Bertz CT molecular complexity index is 5010. The van der Waals surface area contributed by atoms with Crippen LogP contribution >= 0.6 is 11.3 Å². The van der Waals surface area contributed by atoms with Crippen molar-refractivity contribution in [1.82, 2.24) is 45.5 Å². The number of carboxylic acids is 3. The number of aromatic nitrogens is 4. The van der Waals surface area contributed by atoms with Crippen LogP contribution in [0.15, 0.2) is 72.9 Å². The number of nitrogens with zero attached hydrogens (tertiary/aromatic N) is 7. The summed E-state index contributed by atoms with van der Waals surface area (Å²) in [5, 5.41) is 80.7. The zero-order chi connectivity index (χ0) is 87.4. The average molecular weight is 1720 g/mol. The SMILES string of the molecule is COCCN(CCOC12CC3(C)CC(C)(CC(Cn4ncc(-c5ccc(N6CCc7c(OC)ccc(C(=O)Nc8nc9ccccc9s8)c7C6)nc5C(=O)O)c4C)(C3)C1)C2)C(=O)OCc1ccc(NC(=O)[C@H](C)NC(=O)[C@@H](NC(=O)CN2C(=O)[C@@H](NC(=O)CC(=O)O)C[C@H]2COCCS(=O)(=O)O)C(C)C)cc1CC[C@@H]1O[C@H](C(=O)O)[C@@H](O)[C@H](O)[C@H]1O. The van der Waals surface area contributed by atoms with E-state index in [1.165, 1.54) is 42.4 Å². The number of hydrogen-bond donors (Lipinski definition) is 12. The van der Waals surface area contributed by atoms with Gasteiger partial charge in [0.1, 0.15) is 61.0 Å². The Balaban J connectivity index is 0.696. The summed E-state index contributed by atoms with van der Waals surface area (Å²) in [4.78, 5) is 147. The molecule has 2 saturated heterocycles. The third-order valence-corrected chi connectivity index (χ3v) is 25.3. The number of benzene rings is 3. The Morgan fingerprint density at radius 2 is 1.53 bits per heavy atom. The van der Waals surface area contributed by atoms with Crippen LogP contribution in [0.4, 0.5) is 21.4 Å². The maximum absolute atomic E-state index is 14.5. The zero-order valence-electron chi connectivity index (χ0n) is 68.4. The fraction of sp³-hybridized carbons (Fsp3) is 0.549. The number of thiazole rings is 1. The molecule has 7 aliphatic rings. The molecule has 12 N–H and O–H groups in total. The van der Waals surface area contributed by atoms with E-state index < -0.39 is 155 Å². The number of rotatable bonds is 37. The molecule has 3 aromatic carbocycles. The Hall–Kier alpha value is -10.4. The lowest BCUT2D eigenvalue weighted by atomic mass is 9.39. The fourth-order valence-electron chi connectivity index (χ4n) is 19.2. The number of aliphatic carboxylic acids is 2. The minimum absolute atomic E-state index is 0.0615. The van der Waals surface area contributed by atoms with Crippen LogP contribution in [0.3, 0.4) is 0 Å². The molecule has 654 valence electrons. The van der Waals surface area contributed by atoms with Crippen LogP contribution in [-0.4, -0.2) is 265 Å². The van der Waals surface area contributed by atoms with Crippen molar-refractivity contribution in [2.45, 2.75) is 192 Å². The lowest BCUT2D eigenvalue weighted by Gasteiger charge is -2.69. The number of methoxy groups -OCH3 is 2. The van der Waals surface area contributed by atoms with Gasteiger partial charge in [0.25, 0.3) is 16.0 Å². The molecule has 0 radical (unpaired) electrons. The van der Waals surface area contributed by atoms with Crippen LogP contribution in [0.2, 0.25) is 0 Å². The van der Waals surface area contributed by atoms with Crippen LogP contribution in [0, 0.1) is 29.1 Å². The molecule has 7 amide bonds. The molecular formula is C82H104N12O25S2. The first-order valence-electron chi connectivity index (χ1n) is 40.0. The van der Waals surface area contributed by atoms with Gasteiger partial charge in [-0.2, -0.15) is 13.5 Å². The van der Waals surface area contributed by atoms with Gasteiger partial charge in [0.2, 0.25) is 29.5 Å². The number of amides is 7. The summed E-state index contributed by atoms with van der Waals surface area (Å²) in [7, 11) is -1.36. The number of hydrogen-bond acceptors (Lipinski definition) is 26. The maximum atomic E-state index is 14.5. The van der Waals surface area contributed by atoms with E-state index in [-0.39, 0.29) is 98.9 Å². The number of aliphatic hydroxyl groups is 3. The summed E-state index contributed by atoms with van der Waals surface area (Å²) in [5.41, 5.74) is 4.22. The third kappa shape index (κ3) is 21.1. The number of carbonyl (C=O) groups excluding carboxylic acids is 7. The van der Waals surface area contributed by atoms with Crippen molar-refractivity contribution in [3.05, 3.63) is 112 Å². The second-order valence-electron chi connectivity index (χ2n) is 33.6. The number of anilines is 3. The largest absolute Gasteiger partial charge is 0.496 e. The van der Waals surface area contributed by atoms with Gasteiger partial charge >= 0.3 is 24.0 Å². The van der Waals surface area contributed by atoms with E-state index in [1.807, 2.05) is 40.8 Å². The predicted molar refractivity (Wildman–Crippen MR) is 435 cm³/mol. The number of aryl methyl sites for hydroxylation is 1. The molecule has 3 aromatic heterocycles. The molecule has 2 unspecified atom stereocenters. The topological polar surface area (TPSA) is 515 Å². The number of ether oxygens (including phenoxy) is 6. The Morgan fingerprint density at radius 1 is 0.793 bits per heavy atom. The number of pyridine rings is 1. The minimum atomic E-state index is -4.43. The molecule has 4 aliphatic carbocycles. The van der Waals surface area contributed by atoms with Gasteiger partial charge in [-0.25, -0.2) is 24.4 Å². The van der Waals surface area contributed by atoms with E-state index in [0.717, 1.165) is 64.0 Å². The Morgan fingerprint density at radius 3 is 2.21 bits per heavy atom. The number of likely N-dealkylation sites (tertiary alicyclic amines) is 1. The number of carbonyl (C=O) groups is 10. The van der Waals surface area contributed by atoms with Crippen LogP contribution in [0.5, 0.6) is 5.75 Å². The van der Waals surface area contributed by atoms with Crippen molar-refractivity contribution in [2.75, 3.05) is 88.1 Å². The third-order valence-electron chi connectivity index (χ3n) is 23.7. The van der Waals surface area contributed by atoms with Crippen molar-refractivity contribution < 1.29 is 120 Å². The van der Waals surface area contributed by atoms with Crippen LogP contribution < -0.4 is 36.2 Å². The molecule has 3 aliphatic heterocycles. The summed E-state index contributed by atoms with van der Waals surface area (Å²) < 4.78 is 70.1. The van der Waals surface area contributed by atoms with Crippen molar-refractivity contribution in [3.63, 3.8) is 0 Å². The van der Waals surface area contributed by atoms with E-state index in [9.17, 15) is 81.9 Å². The molecule has 39 heteroatoms. The van der Waals surface area contributed by atoms with Gasteiger partial charge in [-0.15, -0.1) is 0 Å². The summed E-state index contributed by atoms with van der Waals surface area (Å²) in [6.07, 6.45) is -3.80. The van der Waals surface area contributed by atoms with E-state index in [1.54, 1.807) is 57.5 Å². The van der Waals surface area contributed by atoms with E-state index in [2.05, 4.69) is 45.4 Å². The van der Waals surface area contributed by atoms with Gasteiger partial charge in [0.15, 0.2) is 16.9 Å². The molecule has 13 rings (SSSR count). The molecule has 6 fully saturated rings.